The number of furan rings is 2. The van der Waals surface area contributed by atoms with Gasteiger partial charge in [-0.05, 0) is 84.9 Å². The lowest BCUT2D eigenvalue weighted by Crippen LogP contribution is -1.97. The van der Waals surface area contributed by atoms with Crippen LogP contribution in [0.3, 0.4) is 0 Å². The second kappa shape index (κ2) is 9.47. The molecule has 7 aromatic carbocycles. The Bertz CT molecular complexity index is 3070. The second-order valence-electron chi connectivity index (χ2n) is 12.4. The summed E-state index contributed by atoms with van der Waals surface area (Å²) < 4.78 is 17.5. The number of benzene rings is 7. The third-order valence-electron chi connectivity index (χ3n) is 9.72. The molecule has 5 nitrogen and oxygen atoms in total. The Morgan fingerprint density at radius 1 is 0.417 bits per heavy atom. The fourth-order valence-electron chi connectivity index (χ4n) is 7.61. The predicted octanol–water partition coefficient (Wildman–Crippen LogP) is 11.6. The van der Waals surface area contributed by atoms with Crippen LogP contribution >= 0.6 is 0 Å². The van der Waals surface area contributed by atoms with Gasteiger partial charge in [0.15, 0.2) is 0 Å². The molecule has 0 amide bonds. The molecule has 224 valence electrons. The minimum atomic E-state index is 0.847. The van der Waals surface area contributed by atoms with Crippen LogP contribution in [0.4, 0.5) is 0 Å². The molecule has 5 heteroatoms. The molecule has 0 N–H and O–H groups in total. The van der Waals surface area contributed by atoms with E-state index in [0.717, 1.165) is 99.5 Å². The van der Waals surface area contributed by atoms with Gasteiger partial charge in [0, 0.05) is 43.9 Å². The number of nitrogens with zero attached hydrogens (tertiary/aromatic N) is 3. The Morgan fingerprint density at radius 2 is 1.12 bits per heavy atom. The molecule has 0 aliphatic heterocycles. The molecule has 11 aromatic rings. The Hall–Kier alpha value is -6.59. The Morgan fingerprint density at radius 3 is 2.02 bits per heavy atom. The minimum absolute atomic E-state index is 0.847. The van der Waals surface area contributed by atoms with Crippen LogP contribution < -0.4 is 0 Å². The standard InChI is InChI=1S/C43H25N3O2/c1-2-10-27(11-3-1)46-36-16-8-6-14-34(36)44-43(46)26-18-22-39-32(24-26)33-25-28(19-23-40(33)47-39)45-35-15-7-4-13-31(35)41-37(45)21-20-30-29-12-5-9-17-38(29)48-42(30)41/h1-25H. The van der Waals surface area contributed by atoms with Crippen molar-refractivity contribution in [2.45, 2.75) is 0 Å². The van der Waals surface area contributed by atoms with Gasteiger partial charge in [-0.15, -0.1) is 0 Å². The molecule has 48 heavy (non-hydrogen) atoms. The maximum absolute atomic E-state index is 6.52. The number of fused-ring (bicyclic) bond motifs is 11. The molecule has 0 atom stereocenters. The summed E-state index contributed by atoms with van der Waals surface area (Å²) in [7, 11) is 0. The van der Waals surface area contributed by atoms with E-state index in [9.17, 15) is 0 Å². The topological polar surface area (TPSA) is 49.0 Å². The van der Waals surface area contributed by atoms with E-state index >= 15 is 0 Å². The normalized spacial score (nSPS) is 12.2. The van der Waals surface area contributed by atoms with Crippen LogP contribution in [0.5, 0.6) is 0 Å². The molecule has 0 saturated carbocycles. The summed E-state index contributed by atoms with van der Waals surface area (Å²) in [5, 5.41) is 6.66. The highest BCUT2D eigenvalue weighted by Crippen LogP contribution is 2.42. The Kier molecular flexibility index (Phi) is 5.05. The SMILES string of the molecule is c1ccc(-n2c(-c3ccc4oc5ccc(-n6c7ccccc7c7c8oc9ccccc9c8ccc76)cc5c4c3)nc3ccccc32)cc1. The molecule has 0 fully saturated rings. The van der Waals surface area contributed by atoms with Gasteiger partial charge >= 0.3 is 0 Å². The first-order chi connectivity index (χ1) is 23.8. The second-order valence-corrected chi connectivity index (χ2v) is 12.4. The quantitative estimate of drug-likeness (QED) is 0.199. The van der Waals surface area contributed by atoms with E-state index in [0.29, 0.717) is 0 Å². The first-order valence-electron chi connectivity index (χ1n) is 16.1. The van der Waals surface area contributed by atoms with Gasteiger partial charge in [0.25, 0.3) is 0 Å². The van der Waals surface area contributed by atoms with E-state index in [2.05, 4.69) is 137 Å². The molecule has 11 rings (SSSR count). The van der Waals surface area contributed by atoms with Crippen LogP contribution in [0.25, 0.3) is 99.5 Å². The predicted molar refractivity (Wildman–Crippen MR) is 195 cm³/mol. The van der Waals surface area contributed by atoms with Crippen molar-refractivity contribution in [3.63, 3.8) is 0 Å². The molecule has 0 radical (unpaired) electrons. The third kappa shape index (κ3) is 3.47. The van der Waals surface area contributed by atoms with Gasteiger partial charge in [-0.2, -0.15) is 0 Å². The average Bonchev–Trinajstić information content (AvgIpc) is 3.90. The van der Waals surface area contributed by atoms with Crippen LogP contribution in [0.2, 0.25) is 0 Å². The van der Waals surface area contributed by atoms with Crippen molar-refractivity contribution < 1.29 is 8.83 Å². The minimum Gasteiger partial charge on any atom is -0.456 e. The number of rotatable bonds is 3. The summed E-state index contributed by atoms with van der Waals surface area (Å²) in [5.74, 6) is 0.895. The number of imidazole rings is 1. The van der Waals surface area contributed by atoms with Crippen molar-refractivity contribution in [3.05, 3.63) is 152 Å². The number of hydrogen-bond donors (Lipinski definition) is 0. The van der Waals surface area contributed by atoms with E-state index in [1.807, 2.05) is 24.3 Å². The Labute approximate surface area is 273 Å². The smallest absolute Gasteiger partial charge is 0.145 e. The first kappa shape index (κ1) is 25.6. The van der Waals surface area contributed by atoms with Gasteiger partial charge in [0.1, 0.15) is 28.2 Å². The lowest BCUT2D eigenvalue weighted by Gasteiger charge is -2.10. The van der Waals surface area contributed by atoms with Gasteiger partial charge in [0.2, 0.25) is 0 Å². The molecule has 0 unspecified atom stereocenters. The zero-order chi connectivity index (χ0) is 31.3. The van der Waals surface area contributed by atoms with Crippen LogP contribution in [0, 0.1) is 0 Å². The van der Waals surface area contributed by atoms with E-state index < -0.39 is 0 Å². The molecule has 0 aliphatic carbocycles. The summed E-state index contributed by atoms with van der Waals surface area (Å²) in [4.78, 5) is 5.12. The molecular weight excluding hydrogens is 590 g/mol. The van der Waals surface area contributed by atoms with E-state index in [-0.39, 0.29) is 0 Å². The molecule has 0 bridgehead atoms. The number of para-hydroxylation sites is 5. The van der Waals surface area contributed by atoms with E-state index in [1.54, 1.807) is 0 Å². The summed E-state index contributed by atoms with van der Waals surface area (Å²) >= 11 is 0. The van der Waals surface area contributed by atoms with Gasteiger partial charge in [-0.25, -0.2) is 4.98 Å². The highest BCUT2D eigenvalue weighted by atomic mass is 16.3. The Balaban J connectivity index is 1.15. The van der Waals surface area contributed by atoms with Gasteiger partial charge in [-0.1, -0.05) is 66.7 Å². The molecule has 0 saturated heterocycles. The van der Waals surface area contributed by atoms with Crippen molar-refractivity contribution in [2.24, 2.45) is 0 Å². The molecular formula is C43H25N3O2. The van der Waals surface area contributed by atoms with Crippen molar-refractivity contribution in [1.29, 1.82) is 0 Å². The van der Waals surface area contributed by atoms with Crippen molar-refractivity contribution >= 4 is 76.7 Å². The lowest BCUT2D eigenvalue weighted by molar-refractivity contribution is 0.669. The highest BCUT2D eigenvalue weighted by Gasteiger charge is 2.20. The van der Waals surface area contributed by atoms with Gasteiger partial charge < -0.3 is 13.4 Å². The zero-order valence-electron chi connectivity index (χ0n) is 25.6. The summed E-state index contributed by atoms with van der Waals surface area (Å²) in [6, 6.07) is 52.9. The largest absolute Gasteiger partial charge is 0.456 e. The summed E-state index contributed by atoms with van der Waals surface area (Å²) in [6.45, 7) is 0. The zero-order valence-corrected chi connectivity index (χ0v) is 25.6. The third-order valence-corrected chi connectivity index (χ3v) is 9.72. The van der Waals surface area contributed by atoms with Crippen LogP contribution in [0.1, 0.15) is 0 Å². The molecule has 4 heterocycles. The maximum Gasteiger partial charge on any atom is 0.145 e. The fourth-order valence-corrected chi connectivity index (χ4v) is 7.61. The molecule has 0 spiro atoms. The van der Waals surface area contributed by atoms with Gasteiger partial charge in [0.05, 0.1) is 27.5 Å². The molecule has 4 aromatic heterocycles. The van der Waals surface area contributed by atoms with Crippen molar-refractivity contribution in [2.75, 3.05) is 0 Å². The summed E-state index contributed by atoms with van der Waals surface area (Å²) in [6.07, 6.45) is 0. The average molecular weight is 616 g/mol. The van der Waals surface area contributed by atoms with Crippen molar-refractivity contribution in [3.8, 4) is 22.8 Å². The van der Waals surface area contributed by atoms with Crippen molar-refractivity contribution in [1.82, 2.24) is 14.1 Å². The van der Waals surface area contributed by atoms with Crippen LogP contribution in [-0.4, -0.2) is 14.1 Å². The van der Waals surface area contributed by atoms with Crippen LogP contribution in [-0.2, 0) is 0 Å². The number of hydrogen-bond acceptors (Lipinski definition) is 3. The summed E-state index contributed by atoms with van der Waals surface area (Å²) in [5.41, 5.74) is 11.0. The maximum atomic E-state index is 6.52. The highest BCUT2D eigenvalue weighted by molar-refractivity contribution is 6.24. The monoisotopic (exact) mass is 615 g/mol. The fraction of sp³-hybridized carbons (Fsp3) is 0. The lowest BCUT2D eigenvalue weighted by atomic mass is 10.1. The molecule has 0 aliphatic rings. The number of aromatic nitrogens is 3. The van der Waals surface area contributed by atoms with Gasteiger partial charge in [-0.3, -0.25) is 4.57 Å². The van der Waals surface area contributed by atoms with E-state index in [1.165, 1.54) is 0 Å². The van der Waals surface area contributed by atoms with E-state index in [4.69, 9.17) is 13.8 Å². The first-order valence-corrected chi connectivity index (χ1v) is 16.1. The van der Waals surface area contributed by atoms with Crippen LogP contribution in [0.15, 0.2) is 160 Å².